The first-order valence-corrected chi connectivity index (χ1v) is 48.3. The summed E-state index contributed by atoms with van der Waals surface area (Å²) in [6.07, 6.45) is 0. The Labute approximate surface area is 821 Å². The summed E-state index contributed by atoms with van der Waals surface area (Å²) >= 11 is 0. The fourth-order valence-corrected chi connectivity index (χ4v) is 21.3. The third-order valence-corrected chi connectivity index (χ3v) is 28.3. The molecule has 0 saturated heterocycles. The molecular formula is C130H98N10O. The van der Waals surface area contributed by atoms with Crippen molar-refractivity contribution in [1.29, 1.82) is 0 Å². The summed E-state index contributed by atoms with van der Waals surface area (Å²) in [7, 11) is 0. The summed E-state index contributed by atoms with van der Waals surface area (Å²) in [5.74, 6) is 2.62. The molecule has 0 aliphatic carbocycles. The first kappa shape index (κ1) is 86.0. The van der Waals surface area contributed by atoms with Crippen LogP contribution in [-0.2, 0) is 16.2 Å². The van der Waals surface area contributed by atoms with Gasteiger partial charge in [-0.3, -0.25) is 0 Å². The number of hydrogen-bond donors (Lipinski definition) is 0. The van der Waals surface area contributed by atoms with Crippen LogP contribution >= 0.6 is 0 Å². The van der Waals surface area contributed by atoms with Gasteiger partial charge in [0.2, 0.25) is 0 Å². The molecule has 0 unspecified atom stereocenters. The molecule has 0 atom stereocenters. The van der Waals surface area contributed by atoms with Crippen molar-refractivity contribution >= 4 is 112 Å². The summed E-state index contributed by atoms with van der Waals surface area (Å²) in [4.78, 5) is 34.3. The molecule has 0 bridgehead atoms. The smallest absolute Gasteiger partial charge is 0.164 e. The van der Waals surface area contributed by atoms with Gasteiger partial charge in [-0.1, -0.05) is 369 Å². The Kier molecular flexibility index (Phi) is 21.7. The van der Waals surface area contributed by atoms with Crippen LogP contribution in [0, 0.1) is 0 Å². The average molecular weight is 1820 g/mol. The van der Waals surface area contributed by atoms with Crippen LogP contribution in [0.2, 0.25) is 0 Å². The lowest BCUT2D eigenvalue weighted by Crippen LogP contribution is -2.30. The van der Waals surface area contributed by atoms with Gasteiger partial charge in [0.05, 0.1) is 56.5 Å². The molecular weight excluding hydrogens is 1720 g/mol. The van der Waals surface area contributed by atoms with Crippen molar-refractivity contribution < 1.29 is 4.42 Å². The predicted octanol–water partition coefficient (Wildman–Crippen LogP) is 34.5. The van der Waals surface area contributed by atoms with Crippen LogP contribution in [0.15, 0.2) is 490 Å². The molecule has 0 N–H and O–H groups in total. The maximum atomic E-state index is 6.44. The van der Waals surface area contributed by atoms with Crippen LogP contribution in [0.4, 0.5) is 68.2 Å². The zero-order valence-electron chi connectivity index (χ0n) is 79.1. The van der Waals surface area contributed by atoms with E-state index in [4.69, 9.17) is 29.3 Å². The second-order valence-corrected chi connectivity index (χ2v) is 37.9. The van der Waals surface area contributed by atoms with Gasteiger partial charge in [0.1, 0.15) is 11.2 Å². The summed E-state index contributed by atoms with van der Waals surface area (Å²) in [5, 5.41) is 4.70. The van der Waals surface area contributed by atoms with Gasteiger partial charge in [-0.15, -0.1) is 0 Å². The summed E-state index contributed by atoms with van der Waals surface area (Å²) in [6, 6.07) is 171. The van der Waals surface area contributed by atoms with Crippen molar-refractivity contribution in [2.24, 2.45) is 0 Å². The monoisotopic (exact) mass is 1810 g/mol. The number of fused-ring (bicyclic) bond motifs is 12. The molecule has 26 rings (SSSR count). The number of benzene rings is 19. The van der Waals surface area contributed by atoms with Gasteiger partial charge < -0.3 is 28.6 Å². The van der Waals surface area contributed by atoms with Crippen molar-refractivity contribution in [1.82, 2.24) is 29.5 Å². The first-order chi connectivity index (χ1) is 69.2. The molecule has 674 valence electrons. The van der Waals surface area contributed by atoms with E-state index in [2.05, 4.69) is 448 Å². The van der Waals surface area contributed by atoms with E-state index in [-0.39, 0.29) is 16.2 Å². The molecule has 3 aliphatic heterocycles. The average Bonchev–Trinajstić information content (AvgIpc) is 1.18. The quantitative estimate of drug-likeness (QED) is 0.105. The van der Waals surface area contributed by atoms with Crippen molar-refractivity contribution in [3.63, 3.8) is 0 Å². The normalized spacial score (nSPS) is 13.3. The number of hydrogen-bond acceptors (Lipinski definition) is 10. The molecule has 3 aliphatic rings. The zero-order valence-corrected chi connectivity index (χ0v) is 79.1. The standard InChI is InChI=1S/C51H35N5.C42H34N2O.C37H29N3/c1-5-16-37(17-6-1)49-52-50(38-18-7-2-8-19-38)54-51(53-49)40-20-15-25-44(34-40)55(41-21-9-3-10-22-41)43-31-28-36(29-32-43)39-30-33-48-46(35-39)45-26-13-14-27-47(45)56(48)42-23-11-4-12-24-42;1-41(2)31-13-5-9-17-35(31)43(36-18-10-6-14-32(36)41)27-21-23-39-29(25-27)30-26-28(22-24-40(30)45-39)44-37-19-11-7-15-33(37)42(3,4)34-16-8-12-20-38(34)44;1-37(2)30-17-9-11-19-34(30)40(35-20-12-10-18-31(35)37)29-23-21-27(22-24-29)33-25-32(26-13-5-3-6-14-26)38-36(39-33)28-15-7-4-8-16-28/h1-35H;5-26H,1-4H3;3-25H,1-2H3. The molecule has 0 saturated carbocycles. The highest BCUT2D eigenvalue weighted by molar-refractivity contribution is 6.11. The lowest BCUT2D eigenvalue weighted by molar-refractivity contribution is 0.631. The Balaban J connectivity index is 0.000000116. The lowest BCUT2D eigenvalue weighted by Gasteiger charge is -2.42. The van der Waals surface area contributed by atoms with Gasteiger partial charge >= 0.3 is 0 Å². The molecule has 0 fully saturated rings. The molecule has 0 amide bonds. The maximum absolute atomic E-state index is 6.44. The van der Waals surface area contributed by atoms with Crippen molar-refractivity contribution in [2.75, 3.05) is 19.6 Å². The molecule has 7 heterocycles. The van der Waals surface area contributed by atoms with Gasteiger partial charge in [0, 0.05) is 111 Å². The van der Waals surface area contributed by atoms with E-state index < -0.39 is 0 Å². The van der Waals surface area contributed by atoms with Crippen LogP contribution in [-0.4, -0.2) is 29.5 Å². The Morgan fingerprint density at radius 3 is 0.965 bits per heavy atom. The van der Waals surface area contributed by atoms with Crippen molar-refractivity contribution in [2.45, 2.75) is 57.8 Å². The highest BCUT2D eigenvalue weighted by Gasteiger charge is 2.41. The molecule has 19 aromatic carbocycles. The lowest BCUT2D eigenvalue weighted by atomic mass is 9.73. The van der Waals surface area contributed by atoms with Gasteiger partial charge in [-0.25, -0.2) is 24.9 Å². The molecule has 4 aromatic heterocycles. The number of anilines is 12. The number of furan rings is 1. The molecule has 141 heavy (non-hydrogen) atoms. The Morgan fingerprint density at radius 1 is 0.199 bits per heavy atom. The topological polar surface area (TPSA) is 95.5 Å². The van der Waals surface area contributed by atoms with E-state index in [1.54, 1.807) is 0 Å². The first-order valence-electron chi connectivity index (χ1n) is 48.3. The molecule has 11 nitrogen and oxygen atoms in total. The summed E-state index contributed by atoms with van der Waals surface area (Å²) in [5.41, 5.74) is 36.9. The largest absolute Gasteiger partial charge is 0.456 e. The second-order valence-electron chi connectivity index (χ2n) is 37.9. The fraction of sp³-hybridized carbons (Fsp3) is 0.0692. The van der Waals surface area contributed by atoms with Crippen molar-refractivity contribution in [3.8, 4) is 84.9 Å². The zero-order chi connectivity index (χ0) is 94.9. The number of aromatic nitrogens is 6. The Bertz CT molecular complexity index is 8210. The van der Waals surface area contributed by atoms with Crippen LogP contribution in [0.3, 0.4) is 0 Å². The van der Waals surface area contributed by atoms with Crippen LogP contribution < -0.4 is 19.6 Å². The summed E-state index contributed by atoms with van der Waals surface area (Å²) < 4.78 is 8.80. The van der Waals surface area contributed by atoms with Crippen molar-refractivity contribution in [3.05, 3.63) is 519 Å². The van der Waals surface area contributed by atoms with E-state index in [1.807, 2.05) is 103 Å². The number of nitrogens with zero attached hydrogens (tertiary/aromatic N) is 10. The molecule has 11 heteroatoms. The highest BCUT2D eigenvalue weighted by Crippen LogP contribution is 2.57. The van der Waals surface area contributed by atoms with Crippen LogP contribution in [0.5, 0.6) is 0 Å². The van der Waals surface area contributed by atoms with E-state index in [1.165, 1.54) is 94.9 Å². The number of para-hydroxylation sites is 9. The van der Waals surface area contributed by atoms with E-state index in [0.29, 0.717) is 17.5 Å². The Hall–Kier alpha value is -17.9. The maximum Gasteiger partial charge on any atom is 0.164 e. The van der Waals surface area contributed by atoms with Gasteiger partial charge in [0.15, 0.2) is 23.3 Å². The minimum absolute atomic E-state index is 0.0771. The third-order valence-electron chi connectivity index (χ3n) is 28.3. The predicted molar refractivity (Wildman–Crippen MR) is 583 cm³/mol. The van der Waals surface area contributed by atoms with E-state index in [0.717, 1.165) is 118 Å². The second kappa shape index (κ2) is 35.6. The molecule has 0 radical (unpaired) electrons. The number of rotatable bonds is 14. The minimum Gasteiger partial charge on any atom is -0.456 e. The third kappa shape index (κ3) is 15.6. The van der Waals surface area contributed by atoms with Crippen LogP contribution in [0.1, 0.15) is 74.9 Å². The van der Waals surface area contributed by atoms with E-state index in [9.17, 15) is 0 Å². The molecule has 0 spiro atoms. The Morgan fingerprint density at radius 2 is 0.518 bits per heavy atom. The van der Waals surface area contributed by atoms with Crippen LogP contribution in [0.25, 0.3) is 129 Å². The van der Waals surface area contributed by atoms with Gasteiger partial charge in [-0.05, 0) is 202 Å². The fourth-order valence-electron chi connectivity index (χ4n) is 21.3. The minimum atomic E-state index is -0.0966. The highest BCUT2D eigenvalue weighted by atomic mass is 16.3. The van der Waals surface area contributed by atoms with Gasteiger partial charge in [0.25, 0.3) is 0 Å². The molecule has 23 aromatic rings. The SMILES string of the molecule is CC1(C)c2ccccc2N(c2ccc(-c3cc(-c4ccccc4)nc(-c4ccccc4)n3)cc2)c2ccccc21.CC1(C)c2ccccc2N(c2ccc3oc4ccc(N5c6ccccc6C(C)(C)c6ccccc65)cc4c3c2)c2ccccc21.c1ccc(-c2nc(-c3ccccc3)nc(-c3cccc(N(c4ccccc4)c4ccc(-c5ccc6c(c5)c5ccccc5n6-c5ccccc5)cc4)c3)n2)cc1. The summed E-state index contributed by atoms with van der Waals surface area (Å²) in [6.45, 7) is 13.9. The van der Waals surface area contributed by atoms with E-state index >= 15 is 0 Å². The van der Waals surface area contributed by atoms with Gasteiger partial charge in [-0.2, -0.15) is 0 Å².